The number of aryl methyl sites for hydroxylation is 2. The van der Waals surface area contributed by atoms with E-state index in [1.807, 2.05) is 25.7 Å². The predicted octanol–water partition coefficient (Wildman–Crippen LogP) is 2.93. The van der Waals surface area contributed by atoms with Gasteiger partial charge in [0.15, 0.2) is 0 Å². The molecule has 2 atom stereocenters. The number of hydrogen-bond acceptors (Lipinski definition) is 4. The normalized spacial score (nSPS) is 26.1. The van der Waals surface area contributed by atoms with Crippen molar-refractivity contribution < 1.29 is 5.11 Å². The molecule has 3 nitrogen and oxygen atoms in total. The summed E-state index contributed by atoms with van der Waals surface area (Å²) in [6.45, 7) is 4.42. The van der Waals surface area contributed by atoms with Gasteiger partial charge in [0.05, 0.1) is 11.6 Å². The number of nitrogens with zero attached hydrogens (tertiary/aromatic N) is 1. The fourth-order valence-electron chi connectivity index (χ4n) is 3.37. The molecular formula is C16H26N2OS. The third kappa shape index (κ3) is 3.54. The SMILES string of the molecule is CNC1(CO)CCCC1CCSc1cc(C)cc(C)n1. The number of aromatic nitrogens is 1. The molecule has 0 spiro atoms. The molecule has 0 radical (unpaired) electrons. The molecule has 20 heavy (non-hydrogen) atoms. The predicted molar refractivity (Wildman–Crippen MR) is 85.3 cm³/mol. The van der Waals surface area contributed by atoms with E-state index in [4.69, 9.17) is 0 Å². The average Bonchev–Trinajstić information content (AvgIpc) is 2.81. The summed E-state index contributed by atoms with van der Waals surface area (Å²) >= 11 is 1.84. The van der Waals surface area contributed by atoms with E-state index >= 15 is 0 Å². The van der Waals surface area contributed by atoms with Gasteiger partial charge in [-0.2, -0.15) is 0 Å². The zero-order chi connectivity index (χ0) is 14.6. The van der Waals surface area contributed by atoms with Crippen LogP contribution in [0.5, 0.6) is 0 Å². The summed E-state index contributed by atoms with van der Waals surface area (Å²) in [4.78, 5) is 4.57. The second-order valence-corrected chi connectivity index (χ2v) is 7.03. The average molecular weight is 294 g/mol. The van der Waals surface area contributed by atoms with Gasteiger partial charge in [-0.3, -0.25) is 0 Å². The van der Waals surface area contributed by atoms with Crippen LogP contribution in [0.25, 0.3) is 0 Å². The molecular weight excluding hydrogens is 268 g/mol. The Bertz CT molecular complexity index is 426. The van der Waals surface area contributed by atoms with Crippen LogP contribution in [0.3, 0.4) is 0 Å². The zero-order valence-corrected chi connectivity index (χ0v) is 13.6. The van der Waals surface area contributed by atoms with Crippen LogP contribution in [0.4, 0.5) is 0 Å². The number of aliphatic hydroxyl groups excluding tert-OH is 1. The monoisotopic (exact) mass is 294 g/mol. The Morgan fingerprint density at radius 3 is 2.90 bits per heavy atom. The van der Waals surface area contributed by atoms with Gasteiger partial charge in [-0.1, -0.05) is 6.42 Å². The molecule has 1 aliphatic carbocycles. The van der Waals surface area contributed by atoms with Crippen LogP contribution >= 0.6 is 11.8 Å². The van der Waals surface area contributed by atoms with Gasteiger partial charge in [0.25, 0.3) is 0 Å². The highest BCUT2D eigenvalue weighted by molar-refractivity contribution is 7.99. The topological polar surface area (TPSA) is 45.1 Å². The van der Waals surface area contributed by atoms with Crippen LogP contribution in [0.2, 0.25) is 0 Å². The van der Waals surface area contributed by atoms with Gasteiger partial charge in [0.1, 0.15) is 0 Å². The lowest BCUT2D eigenvalue weighted by Crippen LogP contribution is -2.49. The van der Waals surface area contributed by atoms with Gasteiger partial charge < -0.3 is 10.4 Å². The minimum atomic E-state index is -0.0451. The van der Waals surface area contributed by atoms with Gasteiger partial charge in [-0.05, 0) is 69.5 Å². The van der Waals surface area contributed by atoms with E-state index in [1.54, 1.807) is 0 Å². The molecule has 0 aromatic carbocycles. The highest BCUT2D eigenvalue weighted by atomic mass is 32.2. The van der Waals surface area contributed by atoms with Crippen LogP contribution in [-0.4, -0.2) is 35.0 Å². The number of pyridine rings is 1. The molecule has 2 unspecified atom stereocenters. The van der Waals surface area contributed by atoms with Crippen molar-refractivity contribution in [3.05, 3.63) is 23.4 Å². The van der Waals surface area contributed by atoms with E-state index in [0.717, 1.165) is 29.3 Å². The number of nitrogens with one attached hydrogen (secondary N) is 1. The molecule has 0 amide bonds. The summed E-state index contributed by atoms with van der Waals surface area (Å²) in [5.41, 5.74) is 2.32. The van der Waals surface area contributed by atoms with Gasteiger partial charge >= 0.3 is 0 Å². The molecule has 1 heterocycles. The van der Waals surface area contributed by atoms with Gasteiger partial charge in [-0.15, -0.1) is 11.8 Å². The van der Waals surface area contributed by atoms with Gasteiger partial charge in [0, 0.05) is 11.2 Å². The van der Waals surface area contributed by atoms with Crippen LogP contribution < -0.4 is 5.32 Å². The lowest BCUT2D eigenvalue weighted by Gasteiger charge is -2.33. The number of rotatable bonds is 6. The molecule has 1 aromatic heterocycles. The summed E-state index contributed by atoms with van der Waals surface area (Å²) in [7, 11) is 1.98. The Kier molecular flexibility index (Phi) is 5.47. The summed E-state index contributed by atoms with van der Waals surface area (Å²) < 4.78 is 0. The van der Waals surface area contributed by atoms with Crippen molar-refractivity contribution in [2.75, 3.05) is 19.4 Å². The molecule has 2 rings (SSSR count). The number of likely N-dealkylation sites (N-methyl/N-ethyl adjacent to an activating group) is 1. The molecule has 4 heteroatoms. The third-order valence-corrected chi connectivity index (χ3v) is 5.47. The maximum absolute atomic E-state index is 9.69. The summed E-state index contributed by atoms with van der Waals surface area (Å²) in [5, 5.41) is 14.2. The maximum atomic E-state index is 9.69. The van der Waals surface area contributed by atoms with E-state index in [9.17, 15) is 5.11 Å². The summed E-state index contributed by atoms with van der Waals surface area (Å²) in [6, 6.07) is 4.27. The highest BCUT2D eigenvalue weighted by Crippen LogP contribution is 2.38. The fourth-order valence-corrected chi connectivity index (χ4v) is 4.45. The molecule has 0 saturated heterocycles. The van der Waals surface area contributed by atoms with Crippen molar-refractivity contribution in [1.29, 1.82) is 0 Å². The summed E-state index contributed by atoms with van der Waals surface area (Å²) in [6.07, 6.45) is 4.68. The van der Waals surface area contributed by atoms with Crippen molar-refractivity contribution in [2.45, 2.75) is 50.1 Å². The highest BCUT2D eigenvalue weighted by Gasteiger charge is 2.40. The Morgan fingerprint density at radius 2 is 2.25 bits per heavy atom. The van der Waals surface area contributed by atoms with Crippen LogP contribution in [0, 0.1) is 19.8 Å². The fraction of sp³-hybridized carbons (Fsp3) is 0.688. The maximum Gasteiger partial charge on any atom is 0.0965 e. The van der Waals surface area contributed by atoms with E-state index in [-0.39, 0.29) is 12.1 Å². The van der Waals surface area contributed by atoms with E-state index in [0.29, 0.717) is 5.92 Å². The third-order valence-electron chi connectivity index (χ3n) is 4.53. The first-order valence-electron chi connectivity index (χ1n) is 7.47. The molecule has 2 N–H and O–H groups in total. The van der Waals surface area contributed by atoms with Crippen molar-refractivity contribution in [3.63, 3.8) is 0 Å². The second kappa shape index (κ2) is 6.92. The van der Waals surface area contributed by atoms with E-state index in [2.05, 4.69) is 29.4 Å². The molecule has 1 saturated carbocycles. The first-order chi connectivity index (χ1) is 9.59. The molecule has 0 bridgehead atoms. The number of thioether (sulfide) groups is 1. The van der Waals surface area contributed by atoms with E-state index in [1.165, 1.54) is 18.4 Å². The van der Waals surface area contributed by atoms with Crippen molar-refractivity contribution in [3.8, 4) is 0 Å². The van der Waals surface area contributed by atoms with Gasteiger partial charge in [0.2, 0.25) is 0 Å². The number of hydrogen-bond donors (Lipinski definition) is 2. The van der Waals surface area contributed by atoms with Crippen LogP contribution in [0.15, 0.2) is 17.2 Å². The van der Waals surface area contributed by atoms with Crippen molar-refractivity contribution >= 4 is 11.8 Å². The summed E-state index contributed by atoms with van der Waals surface area (Å²) in [5.74, 6) is 1.65. The minimum absolute atomic E-state index is 0.0451. The smallest absolute Gasteiger partial charge is 0.0965 e. The molecule has 1 fully saturated rings. The minimum Gasteiger partial charge on any atom is -0.394 e. The Labute approximate surface area is 126 Å². The van der Waals surface area contributed by atoms with Crippen molar-refractivity contribution in [1.82, 2.24) is 10.3 Å². The largest absolute Gasteiger partial charge is 0.394 e. The molecule has 1 aromatic rings. The molecule has 0 aliphatic heterocycles. The van der Waals surface area contributed by atoms with Gasteiger partial charge in [-0.25, -0.2) is 4.98 Å². The standard InChI is InChI=1S/C16H26N2OS/c1-12-9-13(2)18-15(10-12)20-8-6-14-5-4-7-16(14,11-19)17-3/h9-10,14,17,19H,4-8,11H2,1-3H3. The lowest BCUT2D eigenvalue weighted by atomic mass is 9.86. The Balaban J connectivity index is 1.89. The number of aliphatic hydroxyl groups is 1. The molecule has 112 valence electrons. The zero-order valence-electron chi connectivity index (χ0n) is 12.8. The molecule has 1 aliphatic rings. The van der Waals surface area contributed by atoms with E-state index < -0.39 is 0 Å². The quantitative estimate of drug-likeness (QED) is 0.792. The first-order valence-corrected chi connectivity index (χ1v) is 8.46. The van der Waals surface area contributed by atoms with Crippen LogP contribution in [0.1, 0.15) is 36.9 Å². The van der Waals surface area contributed by atoms with Crippen LogP contribution in [-0.2, 0) is 0 Å². The Morgan fingerprint density at radius 1 is 1.45 bits per heavy atom. The van der Waals surface area contributed by atoms with Crippen molar-refractivity contribution in [2.24, 2.45) is 5.92 Å². The first kappa shape index (κ1) is 15.8. The second-order valence-electron chi connectivity index (χ2n) is 5.91. The Hall–Kier alpha value is -0.580. The lowest BCUT2D eigenvalue weighted by molar-refractivity contribution is 0.130.